The number of rotatable bonds is 2. The summed E-state index contributed by atoms with van der Waals surface area (Å²) in [6, 6.07) is 4.69. The van der Waals surface area contributed by atoms with Crippen molar-refractivity contribution in [1.82, 2.24) is 5.32 Å². The minimum atomic E-state index is -0.343. The molecule has 92 valence electrons. The van der Waals surface area contributed by atoms with Crippen LogP contribution in [0, 0.1) is 12.7 Å². The first-order valence-electron chi connectivity index (χ1n) is 5.81. The van der Waals surface area contributed by atoms with E-state index in [1.165, 1.54) is 6.07 Å². The highest BCUT2D eigenvalue weighted by molar-refractivity contribution is 5.94. The van der Waals surface area contributed by atoms with Crippen LogP contribution in [0.15, 0.2) is 18.2 Å². The number of carbonyl (C=O) groups excluding carboxylic acids is 1. The second-order valence-corrected chi connectivity index (χ2v) is 4.32. The van der Waals surface area contributed by atoms with Gasteiger partial charge in [-0.25, -0.2) is 4.39 Å². The molecule has 1 aliphatic heterocycles. The Morgan fingerprint density at radius 3 is 2.76 bits per heavy atom. The van der Waals surface area contributed by atoms with E-state index in [1.807, 2.05) is 0 Å². The highest BCUT2D eigenvalue weighted by Gasteiger charge is 2.17. The minimum absolute atomic E-state index is 0.139. The van der Waals surface area contributed by atoms with E-state index in [-0.39, 0.29) is 17.8 Å². The molecule has 1 amide bonds. The maximum atomic E-state index is 13.3. The van der Waals surface area contributed by atoms with Gasteiger partial charge >= 0.3 is 0 Å². The lowest BCUT2D eigenvalue weighted by atomic mass is 10.1. The van der Waals surface area contributed by atoms with Crippen LogP contribution in [-0.2, 0) is 4.74 Å². The van der Waals surface area contributed by atoms with Crippen LogP contribution >= 0.6 is 0 Å². The van der Waals surface area contributed by atoms with E-state index in [0.717, 1.165) is 12.8 Å². The molecular formula is C13H16FNO2. The molecule has 1 aliphatic rings. The Labute approximate surface area is 100.0 Å². The number of amides is 1. The van der Waals surface area contributed by atoms with Gasteiger partial charge in [0.05, 0.1) is 0 Å². The van der Waals surface area contributed by atoms with Crippen molar-refractivity contribution in [2.24, 2.45) is 0 Å². The topological polar surface area (TPSA) is 38.3 Å². The zero-order chi connectivity index (χ0) is 12.3. The molecule has 0 atom stereocenters. The third kappa shape index (κ3) is 3.03. The maximum absolute atomic E-state index is 13.3. The minimum Gasteiger partial charge on any atom is -0.381 e. The Hall–Kier alpha value is -1.42. The monoisotopic (exact) mass is 237 g/mol. The third-order valence-electron chi connectivity index (χ3n) is 2.99. The van der Waals surface area contributed by atoms with Gasteiger partial charge in [0.25, 0.3) is 5.91 Å². The standard InChI is InChI=1S/C13H16FNO2/c1-9-2-3-10(8-12(9)14)13(16)15-11-4-6-17-7-5-11/h2-3,8,11H,4-7H2,1H3,(H,15,16). The molecule has 0 aromatic heterocycles. The van der Waals surface area contributed by atoms with Crippen molar-refractivity contribution < 1.29 is 13.9 Å². The highest BCUT2D eigenvalue weighted by atomic mass is 19.1. The van der Waals surface area contributed by atoms with E-state index in [4.69, 9.17) is 4.74 Å². The first-order chi connectivity index (χ1) is 8.16. The third-order valence-corrected chi connectivity index (χ3v) is 2.99. The van der Waals surface area contributed by atoms with Crippen molar-refractivity contribution in [2.45, 2.75) is 25.8 Å². The van der Waals surface area contributed by atoms with Crippen LogP contribution in [0.4, 0.5) is 4.39 Å². The lowest BCUT2D eigenvalue weighted by Crippen LogP contribution is -2.38. The lowest BCUT2D eigenvalue weighted by molar-refractivity contribution is 0.0696. The zero-order valence-corrected chi connectivity index (χ0v) is 9.83. The molecule has 17 heavy (non-hydrogen) atoms. The van der Waals surface area contributed by atoms with Gasteiger partial charge in [0, 0.05) is 24.8 Å². The van der Waals surface area contributed by atoms with Crippen LogP contribution in [-0.4, -0.2) is 25.2 Å². The molecule has 0 bridgehead atoms. The molecule has 1 heterocycles. The summed E-state index contributed by atoms with van der Waals surface area (Å²) in [6.07, 6.45) is 1.64. The number of carbonyl (C=O) groups is 1. The molecule has 0 unspecified atom stereocenters. The largest absolute Gasteiger partial charge is 0.381 e. The van der Waals surface area contributed by atoms with Crippen molar-refractivity contribution in [3.63, 3.8) is 0 Å². The van der Waals surface area contributed by atoms with Gasteiger partial charge in [-0.1, -0.05) is 6.07 Å². The van der Waals surface area contributed by atoms with Gasteiger partial charge in [0.15, 0.2) is 0 Å². The van der Waals surface area contributed by atoms with Crippen LogP contribution < -0.4 is 5.32 Å². The number of hydrogen-bond acceptors (Lipinski definition) is 2. The highest BCUT2D eigenvalue weighted by Crippen LogP contribution is 2.11. The number of nitrogens with one attached hydrogen (secondary N) is 1. The average Bonchev–Trinajstić information content (AvgIpc) is 2.34. The summed E-state index contributed by atoms with van der Waals surface area (Å²) in [6.45, 7) is 3.02. The Morgan fingerprint density at radius 2 is 2.12 bits per heavy atom. The van der Waals surface area contributed by atoms with Crippen molar-refractivity contribution in [1.29, 1.82) is 0 Å². The smallest absolute Gasteiger partial charge is 0.251 e. The van der Waals surface area contributed by atoms with E-state index in [1.54, 1.807) is 19.1 Å². The van der Waals surface area contributed by atoms with E-state index < -0.39 is 0 Å². The summed E-state index contributed by atoms with van der Waals surface area (Å²) < 4.78 is 18.5. The van der Waals surface area contributed by atoms with Crippen LogP contribution in [0.5, 0.6) is 0 Å². The first kappa shape index (κ1) is 12.0. The molecule has 0 spiro atoms. The quantitative estimate of drug-likeness (QED) is 0.854. The van der Waals surface area contributed by atoms with Crippen LogP contribution in [0.2, 0.25) is 0 Å². The summed E-state index contributed by atoms with van der Waals surface area (Å²) in [7, 11) is 0. The van der Waals surface area contributed by atoms with Crippen LogP contribution in [0.3, 0.4) is 0 Å². The van der Waals surface area contributed by atoms with E-state index in [2.05, 4.69) is 5.32 Å². The lowest BCUT2D eigenvalue weighted by Gasteiger charge is -2.23. The molecular weight excluding hydrogens is 221 g/mol. The Kier molecular flexibility index (Phi) is 3.74. The summed E-state index contributed by atoms with van der Waals surface area (Å²) in [4.78, 5) is 11.9. The van der Waals surface area contributed by atoms with Gasteiger partial charge in [-0.15, -0.1) is 0 Å². The fourth-order valence-electron chi connectivity index (χ4n) is 1.84. The molecule has 0 radical (unpaired) electrons. The fourth-order valence-corrected chi connectivity index (χ4v) is 1.84. The number of hydrogen-bond donors (Lipinski definition) is 1. The van der Waals surface area contributed by atoms with Gasteiger partial charge < -0.3 is 10.1 Å². The molecule has 2 rings (SSSR count). The molecule has 4 heteroatoms. The van der Waals surface area contributed by atoms with Gasteiger partial charge in [-0.2, -0.15) is 0 Å². The maximum Gasteiger partial charge on any atom is 0.251 e. The summed E-state index contributed by atoms with van der Waals surface area (Å²) in [5.41, 5.74) is 0.923. The Balaban J connectivity index is 2.01. The van der Waals surface area contributed by atoms with Crippen molar-refractivity contribution >= 4 is 5.91 Å². The number of halogens is 1. The molecule has 1 saturated heterocycles. The molecule has 1 N–H and O–H groups in total. The molecule has 0 saturated carbocycles. The fraction of sp³-hybridized carbons (Fsp3) is 0.462. The molecule has 0 aliphatic carbocycles. The number of benzene rings is 1. The Morgan fingerprint density at radius 1 is 1.41 bits per heavy atom. The SMILES string of the molecule is Cc1ccc(C(=O)NC2CCOCC2)cc1F. The molecule has 3 nitrogen and oxygen atoms in total. The van der Waals surface area contributed by atoms with Crippen LogP contribution in [0.25, 0.3) is 0 Å². The van der Waals surface area contributed by atoms with Crippen molar-refractivity contribution in [3.05, 3.63) is 35.1 Å². The average molecular weight is 237 g/mol. The second-order valence-electron chi connectivity index (χ2n) is 4.32. The number of aryl methyl sites for hydroxylation is 1. The molecule has 1 aromatic carbocycles. The van der Waals surface area contributed by atoms with Gasteiger partial charge in [0.1, 0.15) is 5.82 Å². The van der Waals surface area contributed by atoms with Crippen molar-refractivity contribution in [3.8, 4) is 0 Å². The van der Waals surface area contributed by atoms with E-state index in [0.29, 0.717) is 24.3 Å². The van der Waals surface area contributed by atoms with Crippen molar-refractivity contribution in [2.75, 3.05) is 13.2 Å². The number of ether oxygens (including phenoxy) is 1. The molecule has 1 aromatic rings. The summed E-state index contributed by atoms with van der Waals surface area (Å²) in [5.74, 6) is -0.555. The second kappa shape index (κ2) is 5.27. The van der Waals surface area contributed by atoms with E-state index >= 15 is 0 Å². The van der Waals surface area contributed by atoms with E-state index in [9.17, 15) is 9.18 Å². The van der Waals surface area contributed by atoms with Gasteiger partial charge in [-0.05, 0) is 37.5 Å². The normalized spacial score (nSPS) is 16.8. The van der Waals surface area contributed by atoms with Gasteiger partial charge in [-0.3, -0.25) is 4.79 Å². The summed E-state index contributed by atoms with van der Waals surface area (Å²) in [5, 5.41) is 2.90. The first-order valence-corrected chi connectivity index (χ1v) is 5.81. The Bertz CT molecular complexity index is 414. The molecule has 1 fully saturated rings. The predicted octanol–water partition coefficient (Wildman–Crippen LogP) is 2.04. The van der Waals surface area contributed by atoms with Crippen LogP contribution in [0.1, 0.15) is 28.8 Å². The summed E-state index contributed by atoms with van der Waals surface area (Å²) >= 11 is 0. The van der Waals surface area contributed by atoms with Gasteiger partial charge in [0.2, 0.25) is 0 Å². The zero-order valence-electron chi connectivity index (χ0n) is 9.83. The predicted molar refractivity (Wildman–Crippen MR) is 62.4 cm³/mol.